The molecule has 1 rings (SSSR count). The van der Waals surface area contributed by atoms with E-state index >= 15 is 0 Å². The van der Waals surface area contributed by atoms with Crippen molar-refractivity contribution in [3.63, 3.8) is 0 Å². The van der Waals surface area contributed by atoms with E-state index < -0.39 is 18.6 Å². The van der Waals surface area contributed by atoms with Gasteiger partial charge in [0.05, 0.1) is 25.9 Å². The Bertz CT molecular complexity index is 515. The first-order valence-corrected chi connectivity index (χ1v) is 6.84. The fourth-order valence-corrected chi connectivity index (χ4v) is 1.80. The fraction of sp³-hybridized carbons (Fsp3) is 0.571. The lowest BCUT2D eigenvalue weighted by atomic mass is 10.3. The van der Waals surface area contributed by atoms with Crippen molar-refractivity contribution in [1.82, 2.24) is 14.7 Å². The van der Waals surface area contributed by atoms with Gasteiger partial charge in [-0.25, -0.2) is 0 Å². The molecule has 6 nitrogen and oxygen atoms in total. The summed E-state index contributed by atoms with van der Waals surface area (Å²) in [6.07, 6.45) is -3.19. The van der Waals surface area contributed by atoms with Gasteiger partial charge in [0.2, 0.25) is 11.8 Å². The van der Waals surface area contributed by atoms with E-state index in [0.29, 0.717) is 4.90 Å². The van der Waals surface area contributed by atoms with E-state index in [2.05, 4.69) is 0 Å². The molecule has 1 heterocycles. The Morgan fingerprint density at radius 2 is 1.74 bits per heavy atom. The van der Waals surface area contributed by atoms with Gasteiger partial charge < -0.3 is 14.2 Å². The zero-order valence-electron chi connectivity index (χ0n) is 13.3. The molecule has 130 valence electrons. The Balaban J connectivity index is 2.69. The van der Waals surface area contributed by atoms with E-state index in [0.717, 1.165) is 0 Å². The summed E-state index contributed by atoms with van der Waals surface area (Å²) < 4.78 is 42.9. The molecule has 0 bridgehead atoms. The molecule has 23 heavy (non-hydrogen) atoms. The third-order valence-corrected chi connectivity index (χ3v) is 2.96. The molecular weight excluding hydrogens is 315 g/mol. The van der Waals surface area contributed by atoms with E-state index in [4.69, 9.17) is 4.42 Å². The third-order valence-electron chi connectivity index (χ3n) is 2.96. The van der Waals surface area contributed by atoms with Crippen molar-refractivity contribution in [2.45, 2.75) is 12.7 Å². The van der Waals surface area contributed by atoms with Crippen LogP contribution in [0.15, 0.2) is 22.8 Å². The zero-order valence-corrected chi connectivity index (χ0v) is 13.3. The van der Waals surface area contributed by atoms with Crippen LogP contribution >= 0.6 is 0 Å². The molecule has 2 amide bonds. The first-order chi connectivity index (χ1) is 10.6. The lowest BCUT2D eigenvalue weighted by Gasteiger charge is -2.26. The molecule has 0 aliphatic rings. The first-order valence-electron chi connectivity index (χ1n) is 6.84. The molecule has 0 aliphatic carbocycles. The van der Waals surface area contributed by atoms with E-state index in [1.54, 1.807) is 14.1 Å². The van der Waals surface area contributed by atoms with Gasteiger partial charge in [0, 0.05) is 14.1 Å². The van der Waals surface area contributed by atoms with Crippen LogP contribution in [0.3, 0.4) is 0 Å². The normalized spacial score (nSPS) is 11.6. The number of alkyl halides is 3. The van der Waals surface area contributed by atoms with Crippen LogP contribution in [0.1, 0.15) is 5.76 Å². The number of rotatable bonds is 7. The van der Waals surface area contributed by atoms with Gasteiger partial charge in [-0.15, -0.1) is 0 Å². The van der Waals surface area contributed by atoms with Gasteiger partial charge in [-0.3, -0.25) is 14.5 Å². The fourth-order valence-electron chi connectivity index (χ4n) is 1.80. The van der Waals surface area contributed by atoms with Crippen LogP contribution in [0.2, 0.25) is 0 Å². The summed E-state index contributed by atoms with van der Waals surface area (Å²) in [5, 5.41) is 0. The minimum Gasteiger partial charge on any atom is -0.467 e. The molecule has 0 saturated carbocycles. The van der Waals surface area contributed by atoms with Crippen LogP contribution in [0.4, 0.5) is 13.2 Å². The molecule has 0 aliphatic heterocycles. The van der Waals surface area contributed by atoms with E-state index in [-0.39, 0.29) is 31.3 Å². The van der Waals surface area contributed by atoms with Gasteiger partial charge in [0.1, 0.15) is 12.3 Å². The summed E-state index contributed by atoms with van der Waals surface area (Å²) in [4.78, 5) is 27.1. The highest BCUT2D eigenvalue weighted by Gasteiger charge is 2.33. The van der Waals surface area contributed by atoms with Crippen molar-refractivity contribution in [1.29, 1.82) is 0 Å². The third kappa shape index (κ3) is 7.18. The summed E-state index contributed by atoms with van der Waals surface area (Å²) in [5.74, 6) is -0.712. The molecular formula is C14H20F3N3O3. The van der Waals surface area contributed by atoms with E-state index in [9.17, 15) is 22.8 Å². The van der Waals surface area contributed by atoms with Gasteiger partial charge >= 0.3 is 6.18 Å². The van der Waals surface area contributed by atoms with Gasteiger partial charge in [-0.05, 0) is 19.2 Å². The number of hydrogen-bond acceptors (Lipinski definition) is 4. The maximum atomic E-state index is 12.6. The average Bonchev–Trinajstić information content (AvgIpc) is 2.88. The van der Waals surface area contributed by atoms with Crippen LogP contribution in [0.25, 0.3) is 0 Å². The van der Waals surface area contributed by atoms with Crippen molar-refractivity contribution in [3.8, 4) is 0 Å². The highest BCUT2D eigenvalue weighted by molar-refractivity contribution is 5.81. The SMILES string of the molecule is CN(CC(=O)N(C)C)CC(=O)N(Cc1ccco1)CC(F)(F)F. The highest BCUT2D eigenvalue weighted by atomic mass is 19.4. The summed E-state index contributed by atoms with van der Waals surface area (Å²) >= 11 is 0. The number of nitrogens with zero attached hydrogens (tertiary/aromatic N) is 3. The summed E-state index contributed by atoms with van der Waals surface area (Å²) in [7, 11) is 4.62. The molecule has 0 spiro atoms. The summed E-state index contributed by atoms with van der Waals surface area (Å²) in [5.41, 5.74) is 0. The molecule has 0 fully saturated rings. The molecule has 9 heteroatoms. The second-order valence-electron chi connectivity index (χ2n) is 5.40. The number of hydrogen-bond donors (Lipinski definition) is 0. The van der Waals surface area contributed by atoms with Crippen LogP contribution in [0, 0.1) is 0 Å². The lowest BCUT2D eigenvalue weighted by molar-refractivity contribution is -0.163. The molecule has 1 aromatic heterocycles. The number of halogens is 3. The minimum absolute atomic E-state index is 0.0562. The molecule has 0 unspecified atom stereocenters. The molecule has 0 radical (unpaired) electrons. The minimum atomic E-state index is -4.51. The van der Waals surface area contributed by atoms with Crippen LogP contribution in [0.5, 0.6) is 0 Å². The smallest absolute Gasteiger partial charge is 0.406 e. The summed E-state index contributed by atoms with van der Waals surface area (Å²) in [6, 6.07) is 3.03. The van der Waals surface area contributed by atoms with Crippen LogP contribution in [-0.2, 0) is 16.1 Å². The summed E-state index contributed by atoms with van der Waals surface area (Å²) in [6.45, 7) is -2.00. The Hall–Kier alpha value is -2.03. The number of amides is 2. The second-order valence-corrected chi connectivity index (χ2v) is 5.40. The Morgan fingerprint density at radius 1 is 1.13 bits per heavy atom. The monoisotopic (exact) mass is 335 g/mol. The average molecular weight is 335 g/mol. The van der Waals surface area contributed by atoms with Crippen LogP contribution < -0.4 is 0 Å². The van der Waals surface area contributed by atoms with Crippen molar-refractivity contribution in [2.75, 3.05) is 40.8 Å². The maximum absolute atomic E-state index is 12.6. The highest BCUT2D eigenvalue weighted by Crippen LogP contribution is 2.18. The Labute approximate surface area is 132 Å². The largest absolute Gasteiger partial charge is 0.467 e. The van der Waals surface area contributed by atoms with E-state index in [1.807, 2.05) is 0 Å². The molecule has 0 saturated heterocycles. The molecule has 0 N–H and O–H groups in total. The second kappa shape index (κ2) is 8.00. The standard InChI is InChI=1S/C14H20F3N3O3/c1-18(2)12(21)8-19(3)9-13(22)20(10-14(15,16)17)7-11-5-4-6-23-11/h4-6H,7-10H2,1-3H3. The van der Waals surface area contributed by atoms with Gasteiger partial charge in [0.15, 0.2) is 0 Å². The van der Waals surface area contributed by atoms with Gasteiger partial charge in [-0.2, -0.15) is 13.2 Å². The topological polar surface area (TPSA) is 57.0 Å². The van der Waals surface area contributed by atoms with Crippen molar-refractivity contribution in [2.24, 2.45) is 0 Å². The molecule has 1 aromatic rings. The Morgan fingerprint density at radius 3 is 2.22 bits per heavy atom. The zero-order chi connectivity index (χ0) is 17.6. The number of carbonyl (C=O) groups is 2. The van der Waals surface area contributed by atoms with E-state index in [1.165, 1.54) is 35.2 Å². The van der Waals surface area contributed by atoms with Gasteiger partial charge in [0.25, 0.3) is 0 Å². The molecule has 0 aromatic carbocycles. The quantitative estimate of drug-likeness (QED) is 0.751. The predicted molar refractivity (Wildman–Crippen MR) is 76.4 cm³/mol. The number of likely N-dealkylation sites (N-methyl/N-ethyl adjacent to an activating group) is 2. The Kier molecular flexibility index (Phi) is 6.62. The van der Waals surface area contributed by atoms with Crippen molar-refractivity contribution >= 4 is 11.8 Å². The van der Waals surface area contributed by atoms with Crippen molar-refractivity contribution in [3.05, 3.63) is 24.2 Å². The molecule has 0 atom stereocenters. The number of carbonyl (C=O) groups excluding carboxylic acids is 2. The van der Waals surface area contributed by atoms with Crippen LogP contribution in [-0.4, -0.2) is 73.5 Å². The lowest BCUT2D eigenvalue weighted by Crippen LogP contribution is -2.45. The first kappa shape index (κ1) is 19.0. The predicted octanol–water partition coefficient (Wildman–Crippen LogP) is 1.19. The maximum Gasteiger partial charge on any atom is 0.406 e. The number of furan rings is 1. The van der Waals surface area contributed by atoms with Gasteiger partial charge in [-0.1, -0.05) is 0 Å². The van der Waals surface area contributed by atoms with Crippen molar-refractivity contribution < 1.29 is 27.2 Å².